The number of nitrogens with two attached hydrogens (primary N) is 1. The van der Waals surface area contributed by atoms with E-state index < -0.39 is 0 Å². The molecule has 1 unspecified atom stereocenters. The van der Waals surface area contributed by atoms with Gasteiger partial charge in [0.05, 0.1) is 5.92 Å². The van der Waals surface area contributed by atoms with E-state index in [4.69, 9.17) is 5.73 Å². The highest BCUT2D eigenvalue weighted by molar-refractivity contribution is 5.90. The molecule has 25 heavy (non-hydrogen) atoms. The van der Waals surface area contributed by atoms with E-state index in [2.05, 4.69) is 15.3 Å². The van der Waals surface area contributed by atoms with E-state index in [-0.39, 0.29) is 17.9 Å². The van der Waals surface area contributed by atoms with Gasteiger partial charge in [-0.15, -0.1) is 0 Å². The number of piperidine rings is 1. The number of anilines is 1. The number of amides is 3. The molecule has 1 aromatic carbocycles. The van der Waals surface area contributed by atoms with Crippen LogP contribution in [-0.2, 0) is 4.79 Å². The summed E-state index contributed by atoms with van der Waals surface area (Å²) in [5.41, 5.74) is 7.82. The van der Waals surface area contributed by atoms with Gasteiger partial charge in [0.2, 0.25) is 5.91 Å². The van der Waals surface area contributed by atoms with Crippen molar-refractivity contribution in [1.29, 1.82) is 0 Å². The lowest BCUT2D eigenvalue weighted by atomic mass is 9.98. The number of nitrogens with zero attached hydrogens (tertiary/aromatic N) is 3. The van der Waals surface area contributed by atoms with E-state index in [1.165, 1.54) is 0 Å². The van der Waals surface area contributed by atoms with Crippen molar-refractivity contribution in [3.8, 4) is 11.4 Å². The lowest BCUT2D eigenvalue weighted by Crippen LogP contribution is -2.45. The summed E-state index contributed by atoms with van der Waals surface area (Å²) in [6.45, 7) is 2.92. The number of hydrogen-bond donors (Lipinski definition) is 2. The normalized spacial score (nSPS) is 17.2. The number of rotatable bonds is 3. The first-order chi connectivity index (χ1) is 12.0. The molecule has 0 bridgehead atoms. The first kappa shape index (κ1) is 16.9. The summed E-state index contributed by atoms with van der Waals surface area (Å²) in [5, 5.41) is 2.86. The molecule has 0 spiro atoms. The molecule has 3 N–H and O–H groups in total. The number of carbonyl (C=O) groups excluding carboxylic acids is 2. The molecule has 0 saturated carbocycles. The molecule has 1 atom stereocenters. The standard InChI is InChI=1S/C18H21N5O2/c1-12-8-9-20-17(21-12)13-4-6-15(7-5-13)22-18(25)23-10-2-3-14(11-23)16(19)24/h4-9,14H,2-3,10-11H2,1H3,(H2,19,24)(H,22,25). The highest BCUT2D eigenvalue weighted by Gasteiger charge is 2.26. The van der Waals surface area contributed by atoms with Gasteiger partial charge in [-0.2, -0.15) is 0 Å². The quantitative estimate of drug-likeness (QED) is 0.895. The number of primary amides is 1. The third-order valence-corrected chi connectivity index (χ3v) is 4.30. The predicted octanol–water partition coefficient (Wildman–Crippen LogP) is 2.18. The van der Waals surface area contributed by atoms with Gasteiger partial charge in [-0.05, 0) is 50.1 Å². The smallest absolute Gasteiger partial charge is 0.321 e. The van der Waals surface area contributed by atoms with Crippen LogP contribution in [0, 0.1) is 12.8 Å². The fraction of sp³-hybridized carbons (Fsp3) is 0.333. The minimum atomic E-state index is -0.347. The van der Waals surface area contributed by atoms with Gasteiger partial charge in [-0.3, -0.25) is 4.79 Å². The topological polar surface area (TPSA) is 101 Å². The van der Waals surface area contributed by atoms with E-state index in [0.717, 1.165) is 24.1 Å². The molecular formula is C18H21N5O2. The van der Waals surface area contributed by atoms with Crippen molar-refractivity contribution < 1.29 is 9.59 Å². The molecule has 7 nitrogen and oxygen atoms in total. The highest BCUT2D eigenvalue weighted by Crippen LogP contribution is 2.20. The lowest BCUT2D eigenvalue weighted by molar-refractivity contribution is -0.123. The summed E-state index contributed by atoms with van der Waals surface area (Å²) < 4.78 is 0. The molecular weight excluding hydrogens is 318 g/mol. The molecule has 2 aromatic rings. The summed E-state index contributed by atoms with van der Waals surface area (Å²) in [7, 11) is 0. The third-order valence-electron chi connectivity index (χ3n) is 4.30. The van der Waals surface area contributed by atoms with Crippen molar-refractivity contribution in [3.05, 3.63) is 42.2 Å². The van der Waals surface area contributed by atoms with Crippen molar-refractivity contribution in [2.45, 2.75) is 19.8 Å². The monoisotopic (exact) mass is 339 g/mol. The Balaban J connectivity index is 1.65. The fourth-order valence-corrected chi connectivity index (χ4v) is 2.89. The van der Waals surface area contributed by atoms with Crippen LogP contribution in [0.5, 0.6) is 0 Å². The van der Waals surface area contributed by atoms with E-state index in [1.807, 2.05) is 37.3 Å². The van der Waals surface area contributed by atoms with Crippen LogP contribution < -0.4 is 11.1 Å². The van der Waals surface area contributed by atoms with E-state index >= 15 is 0 Å². The molecule has 1 fully saturated rings. The van der Waals surface area contributed by atoms with Gasteiger partial charge in [0.15, 0.2) is 5.82 Å². The van der Waals surface area contributed by atoms with Crippen LogP contribution in [0.15, 0.2) is 36.5 Å². The number of aryl methyl sites for hydroxylation is 1. The number of urea groups is 1. The Morgan fingerprint density at radius 3 is 2.68 bits per heavy atom. The number of benzene rings is 1. The Kier molecular flexibility index (Phi) is 4.92. The predicted molar refractivity (Wildman–Crippen MR) is 94.7 cm³/mol. The molecule has 0 radical (unpaired) electrons. The molecule has 2 heterocycles. The average Bonchev–Trinajstić information content (AvgIpc) is 2.62. The van der Waals surface area contributed by atoms with Crippen molar-refractivity contribution in [2.75, 3.05) is 18.4 Å². The van der Waals surface area contributed by atoms with Gasteiger partial charge in [0, 0.05) is 36.2 Å². The maximum absolute atomic E-state index is 12.4. The van der Waals surface area contributed by atoms with Gasteiger partial charge in [0.25, 0.3) is 0 Å². The summed E-state index contributed by atoms with van der Waals surface area (Å²) >= 11 is 0. The first-order valence-electron chi connectivity index (χ1n) is 8.28. The van der Waals surface area contributed by atoms with Crippen LogP contribution in [0.3, 0.4) is 0 Å². The van der Waals surface area contributed by atoms with Gasteiger partial charge >= 0.3 is 6.03 Å². The molecule has 1 aliphatic heterocycles. The largest absolute Gasteiger partial charge is 0.369 e. The molecule has 7 heteroatoms. The van der Waals surface area contributed by atoms with Crippen LogP contribution >= 0.6 is 0 Å². The lowest BCUT2D eigenvalue weighted by Gasteiger charge is -2.31. The molecule has 1 saturated heterocycles. The maximum Gasteiger partial charge on any atom is 0.321 e. The van der Waals surface area contributed by atoms with Crippen molar-refractivity contribution in [1.82, 2.24) is 14.9 Å². The van der Waals surface area contributed by atoms with Crippen LogP contribution in [0.1, 0.15) is 18.5 Å². The summed E-state index contributed by atoms with van der Waals surface area (Å²) in [6, 6.07) is 8.99. The van der Waals surface area contributed by atoms with Crippen LogP contribution in [0.4, 0.5) is 10.5 Å². The number of nitrogens with one attached hydrogen (secondary N) is 1. The summed E-state index contributed by atoms with van der Waals surface area (Å²) in [5.74, 6) is 0.0403. The summed E-state index contributed by atoms with van der Waals surface area (Å²) in [6.07, 6.45) is 3.24. The Morgan fingerprint density at radius 1 is 1.24 bits per heavy atom. The van der Waals surface area contributed by atoms with Gasteiger partial charge in [0.1, 0.15) is 0 Å². The Morgan fingerprint density at radius 2 is 2.00 bits per heavy atom. The van der Waals surface area contributed by atoms with Crippen molar-refractivity contribution in [3.63, 3.8) is 0 Å². The molecule has 0 aliphatic carbocycles. The Bertz CT molecular complexity index is 775. The van der Waals surface area contributed by atoms with Crippen molar-refractivity contribution in [2.24, 2.45) is 11.7 Å². The third kappa shape index (κ3) is 4.12. The second-order valence-corrected chi connectivity index (χ2v) is 6.22. The zero-order chi connectivity index (χ0) is 17.8. The highest BCUT2D eigenvalue weighted by atomic mass is 16.2. The minimum Gasteiger partial charge on any atom is -0.369 e. The second kappa shape index (κ2) is 7.29. The Labute approximate surface area is 146 Å². The Hall–Kier alpha value is -2.96. The maximum atomic E-state index is 12.4. The average molecular weight is 339 g/mol. The summed E-state index contributed by atoms with van der Waals surface area (Å²) in [4.78, 5) is 34.0. The van der Waals surface area contributed by atoms with E-state index in [1.54, 1.807) is 11.1 Å². The van der Waals surface area contributed by atoms with Crippen molar-refractivity contribution >= 4 is 17.6 Å². The number of aromatic nitrogens is 2. The number of likely N-dealkylation sites (tertiary alicyclic amines) is 1. The first-order valence-corrected chi connectivity index (χ1v) is 8.28. The molecule has 3 rings (SSSR count). The minimum absolute atomic E-state index is 0.217. The molecule has 130 valence electrons. The van der Waals surface area contributed by atoms with Crippen LogP contribution in [0.25, 0.3) is 11.4 Å². The van der Waals surface area contributed by atoms with Crippen LogP contribution in [0.2, 0.25) is 0 Å². The molecule has 1 aromatic heterocycles. The molecule has 1 aliphatic rings. The van der Waals surface area contributed by atoms with Gasteiger partial charge < -0.3 is 16.0 Å². The van der Waals surface area contributed by atoms with E-state index in [9.17, 15) is 9.59 Å². The SMILES string of the molecule is Cc1ccnc(-c2ccc(NC(=O)N3CCCC(C(N)=O)C3)cc2)n1. The number of carbonyl (C=O) groups is 2. The van der Waals surface area contributed by atoms with Gasteiger partial charge in [-0.25, -0.2) is 14.8 Å². The van der Waals surface area contributed by atoms with E-state index in [0.29, 0.717) is 24.6 Å². The van der Waals surface area contributed by atoms with Gasteiger partial charge in [-0.1, -0.05) is 0 Å². The zero-order valence-electron chi connectivity index (χ0n) is 14.1. The zero-order valence-corrected chi connectivity index (χ0v) is 14.1. The fourth-order valence-electron chi connectivity index (χ4n) is 2.89. The van der Waals surface area contributed by atoms with Crippen LogP contribution in [-0.4, -0.2) is 39.9 Å². The second-order valence-electron chi connectivity index (χ2n) is 6.22. The number of hydrogen-bond acceptors (Lipinski definition) is 4. The molecule has 3 amide bonds.